The summed E-state index contributed by atoms with van der Waals surface area (Å²) in [6.45, 7) is 10.6. The summed E-state index contributed by atoms with van der Waals surface area (Å²) in [6.07, 6.45) is 1.02. The summed E-state index contributed by atoms with van der Waals surface area (Å²) in [5.41, 5.74) is 5.90. The first kappa shape index (κ1) is 25.8. The summed E-state index contributed by atoms with van der Waals surface area (Å²) in [5.74, 6) is -2.84. The maximum Gasteiger partial charge on any atom is 0.326 e. The predicted octanol–water partition coefficient (Wildman–Crippen LogP) is 0.232. The molecule has 162 valence electrons. The molecule has 0 saturated carbocycles. The molecule has 28 heavy (non-hydrogen) atoms. The fraction of sp³-hybridized carbons (Fsp3) is 0.789. The zero-order valence-electron chi connectivity index (χ0n) is 17.7. The lowest BCUT2D eigenvalue weighted by molar-refractivity contribution is -0.142. The van der Waals surface area contributed by atoms with E-state index in [2.05, 4.69) is 16.0 Å². The highest BCUT2D eigenvalue weighted by Crippen LogP contribution is 2.08. The van der Waals surface area contributed by atoms with Gasteiger partial charge in [-0.25, -0.2) is 4.79 Å². The Labute approximate surface area is 167 Å². The SMILES string of the molecule is CCC(C)C(N)C(=O)NC(C(=O)NCC(=O)NC(CC(C)C)C(=O)O)C(C)C. The zero-order chi connectivity index (χ0) is 22.0. The topological polar surface area (TPSA) is 151 Å². The lowest BCUT2D eigenvalue weighted by atomic mass is 9.97. The molecular formula is C19H36N4O5. The summed E-state index contributed by atoms with van der Waals surface area (Å²) in [6, 6.07) is -2.59. The molecule has 0 aliphatic rings. The van der Waals surface area contributed by atoms with Gasteiger partial charge in [-0.2, -0.15) is 0 Å². The Kier molecular flexibility index (Phi) is 11.4. The molecule has 0 heterocycles. The van der Waals surface area contributed by atoms with E-state index in [0.717, 1.165) is 6.42 Å². The van der Waals surface area contributed by atoms with Crippen LogP contribution in [0.4, 0.5) is 0 Å². The first-order valence-electron chi connectivity index (χ1n) is 9.76. The van der Waals surface area contributed by atoms with E-state index in [1.54, 1.807) is 13.8 Å². The van der Waals surface area contributed by atoms with Gasteiger partial charge in [0, 0.05) is 0 Å². The fourth-order valence-electron chi connectivity index (χ4n) is 2.51. The van der Waals surface area contributed by atoms with E-state index >= 15 is 0 Å². The summed E-state index contributed by atoms with van der Waals surface area (Å²) in [4.78, 5) is 47.9. The average molecular weight is 401 g/mol. The molecule has 0 spiro atoms. The van der Waals surface area contributed by atoms with E-state index < -0.39 is 41.8 Å². The van der Waals surface area contributed by atoms with Crippen molar-refractivity contribution < 1.29 is 24.3 Å². The molecule has 0 fully saturated rings. The molecule has 0 bridgehead atoms. The molecule has 4 unspecified atom stereocenters. The Morgan fingerprint density at radius 2 is 1.54 bits per heavy atom. The van der Waals surface area contributed by atoms with Gasteiger partial charge in [-0.05, 0) is 24.2 Å². The van der Waals surface area contributed by atoms with Gasteiger partial charge < -0.3 is 26.8 Å². The maximum absolute atomic E-state index is 12.4. The second kappa shape index (κ2) is 12.3. The number of nitrogens with one attached hydrogen (secondary N) is 3. The van der Waals surface area contributed by atoms with E-state index in [1.165, 1.54) is 0 Å². The third-order valence-electron chi connectivity index (χ3n) is 4.57. The van der Waals surface area contributed by atoms with Crippen LogP contribution < -0.4 is 21.7 Å². The van der Waals surface area contributed by atoms with Crippen LogP contribution in [0.5, 0.6) is 0 Å². The van der Waals surface area contributed by atoms with Crippen molar-refractivity contribution in [3.05, 3.63) is 0 Å². The second-order valence-corrected chi connectivity index (χ2v) is 7.95. The van der Waals surface area contributed by atoms with Gasteiger partial charge in [-0.15, -0.1) is 0 Å². The van der Waals surface area contributed by atoms with Crippen molar-refractivity contribution in [2.45, 2.75) is 72.5 Å². The number of carboxylic acids is 1. The Bertz CT molecular complexity index is 550. The lowest BCUT2D eigenvalue weighted by Crippen LogP contribution is -2.56. The molecule has 0 aliphatic carbocycles. The highest BCUT2D eigenvalue weighted by Gasteiger charge is 2.28. The van der Waals surface area contributed by atoms with E-state index in [9.17, 15) is 19.2 Å². The number of rotatable bonds is 12. The van der Waals surface area contributed by atoms with Crippen molar-refractivity contribution in [2.24, 2.45) is 23.5 Å². The van der Waals surface area contributed by atoms with Gasteiger partial charge in [0.2, 0.25) is 17.7 Å². The Morgan fingerprint density at radius 3 is 1.96 bits per heavy atom. The van der Waals surface area contributed by atoms with Gasteiger partial charge in [-0.1, -0.05) is 48.0 Å². The Hall–Kier alpha value is -2.16. The molecule has 0 radical (unpaired) electrons. The fourth-order valence-corrected chi connectivity index (χ4v) is 2.51. The smallest absolute Gasteiger partial charge is 0.326 e. The number of nitrogens with two attached hydrogens (primary N) is 1. The minimum atomic E-state index is -1.13. The third kappa shape index (κ3) is 9.16. The van der Waals surface area contributed by atoms with Crippen molar-refractivity contribution in [1.82, 2.24) is 16.0 Å². The van der Waals surface area contributed by atoms with Gasteiger partial charge in [0.15, 0.2) is 0 Å². The molecule has 0 aromatic carbocycles. The van der Waals surface area contributed by atoms with Gasteiger partial charge in [0.05, 0.1) is 12.6 Å². The van der Waals surface area contributed by atoms with Crippen molar-refractivity contribution in [2.75, 3.05) is 6.54 Å². The van der Waals surface area contributed by atoms with Crippen LogP contribution in [0.1, 0.15) is 54.4 Å². The number of aliphatic carboxylic acids is 1. The van der Waals surface area contributed by atoms with Crippen LogP contribution >= 0.6 is 0 Å². The van der Waals surface area contributed by atoms with Crippen LogP contribution in [-0.2, 0) is 19.2 Å². The standard InChI is InChI=1S/C19H36N4O5/c1-7-12(6)15(20)17(25)23-16(11(4)5)18(26)21-9-14(24)22-13(19(27)28)8-10(2)3/h10-13,15-16H,7-9,20H2,1-6H3,(H,21,26)(H,22,24)(H,23,25)(H,27,28). The van der Waals surface area contributed by atoms with Crippen molar-refractivity contribution >= 4 is 23.7 Å². The number of carbonyl (C=O) groups is 4. The van der Waals surface area contributed by atoms with Gasteiger partial charge in [-0.3, -0.25) is 14.4 Å². The first-order valence-corrected chi connectivity index (χ1v) is 9.76. The summed E-state index contributed by atoms with van der Waals surface area (Å²) in [7, 11) is 0. The van der Waals surface area contributed by atoms with Crippen LogP contribution in [0.3, 0.4) is 0 Å². The van der Waals surface area contributed by atoms with Crippen LogP contribution in [0.25, 0.3) is 0 Å². The van der Waals surface area contributed by atoms with Crippen molar-refractivity contribution in [3.63, 3.8) is 0 Å². The van der Waals surface area contributed by atoms with Crippen molar-refractivity contribution in [3.8, 4) is 0 Å². The number of carboxylic acid groups (broad SMARTS) is 1. The molecule has 9 heteroatoms. The minimum Gasteiger partial charge on any atom is -0.480 e. The summed E-state index contributed by atoms with van der Waals surface area (Å²) >= 11 is 0. The lowest BCUT2D eigenvalue weighted by Gasteiger charge is -2.25. The highest BCUT2D eigenvalue weighted by molar-refractivity contribution is 5.92. The summed E-state index contributed by atoms with van der Waals surface area (Å²) < 4.78 is 0. The van der Waals surface area contributed by atoms with Crippen LogP contribution in [-0.4, -0.2) is 53.5 Å². The molecule has 3 amide bonds. The number of amides is 3. The maximum atomic E-state index is 12.4. The normalized spacial score (nSPS) is 15.5. The third-order valence-corrected chi connectivity index (χ3v) is 4.57. The van der Waals surface area contributed by atoms with Crippen molar-refractivity contribution in [1.29, 1.82) is 0 Å². The molecule has 0 aliphatic heterocycles. The van der Waals surface area contributed by atoms with E-state index in [0.29, 0.717) is 0 Å². The molecule has 9 nitrogen and oxygen atoms in total. The Morgan fingerprint density at radius 1 is 0.964 bits per heavy atom. The predicted molar refractivity (Wildman–Crippen MR) is 106 cm³/mol. The van der Waals surface area contributed by atoms with Gasteiger partial charge in [0.1, 0.15) is 12.1 Å². The number of hydrogen-bond acceptors (Lipinski definition) is 5. The average Bonchev–Trinajstić information content (AvgIpc) is 2.61. The molecule has 0 aromatic rings. The van der Waals surface area contributed by atoms with E-state index in [1.807, 2.05) is 27.7 Å². The number of hydrogen-bond donors (Lipinski definition) is 5. The molecule has 0 aromatic heterocycles. The second-order valence-electron chi connectivity index (χ2n) is 7.95. The van der Waals surface area contributed by atoms with Gasteiger partial charge in [0.25, 0.3) is 0 Å². The monoisotopic (exact) mass is 400 g/mol. The van der Waals surface area contributed by atoms with Crippen LogP contribution in [0, 0.1) is 17.8 Å². The molecule has 0 saturated heterocycles. The zero-order valence-corrected chi connectivity index (χ0v) is 17.7. The minimum absolute atomic E-state index is 0.0319. The van der Waals surface area contributed by atoms with E-state index in [4.69, 9.17) is 10.8 Å². The number of carbonyl (C=O) groups excluding carboxylic acids is 3. The van der Waals surface area contributed by atoms with Gasteiger partial charge >= 0.3 is 5.97 Å². The molecule has 6 N–H and O–H groups in total. The first-order chi connectivity index (χ1) is 12.9. The summed E-state index contributed by atoms with van der Waals surface area (Å²) in [5, 5.41) is 16.6. The van der Waals surface area contributed by atoms with Crippen LogP contribution in [0.15, 0.2) is 0 Å². The molecular weight excluding hydrogens is 364 g/mol. The largest absolute Gasteiger partial charge is 0.480 e. The Balaban J connectivity index is 4.79. The quantitative estimate of drug-likeness (QED) is 0.316. The highest BCUT2D eigenvalue weighted by atomic mass is 16.4. The van der Waals surface area contributed by atoms with Crippen LogP contribution in [0.2, 0.25) is 0 Å². The molecule has 0 rings (SSSR count). The van der Waals surface area contributed by atoms with E-state index in [-0.39, 0.29) is 30.7 Å². The molecule has 4 atom stereocenters.